The van der Waals surface area contributed by atoms with Gasteiger partial charge in [-0.25, -0.2) is 0 Å². The van der Waals surface area contributed by atoms with Gasteiger partial charge < -0.3 is 10.1 Å². The van der Waals surface area contributed by atoms with Gasteiger partial charge in [0.25, 0.3) is 0 Å². The fourth-order valence-electron chi connectivity index (χ4n) is 1.96. The van der Waals surface area contributed by atoms with Crippen molar-refractivity contribution in [1.82, 2.24) is 25.3 Å². The van der Waals surface area contributed by atoms with Crippen molar-refractivity contribution in [3.05, 3.63) is 35.8 Å². The molecule has 0 aromatic carbocycles. The lowest BCUT2D eigenvalue weighted by atomic mass is 10.1. The molecule has 0 fully saturated rings. The Balaban J connectivity index is 2.10. The fraction of sp³-hybridized carbons (Fsp3) is 0.500. The van der Waals surface area contributed by atoms with E-state index in [1.54, 1.807) is 7.11 Å². The van der Waals surface area contributed by atoms with E-state index in [1.165, 1.54) is 0 Å². The van der Waals surface area contributed by atoms with Crippen LogP contribution in [0.1, 0.15) is 37.3 Å². The molecule has 2 aromatic rings. The van der Waals surface area contributed by atoms with Gasteiger partial charge >= 0.3 is 0 Å². The summed E-state index contributed by atoms with van der Waals surface area (Å²) in [5.74, 6) is 0.521. The first kappa shape index (κ1) is 14.5. The van der Waals surface area contributed by atoms with Gasteiger partial charge in [0.2, 0.25) is 5.88 Å². The molecule has 2 aromatic heterocycles. The Morgan fingerprint density at radius 1 is 1.25 bits per heavy atom. The fourth-order valence-corrected chi connectivity index (χ4v) is 1.96. The number of ether oxygens (including phenoxy) is 1. The highest BCUT2D eigenvalue weighted by molar-refractivity contribution is 5.16. The lowest BCUT2D eigenvalue weighted by Gasteiger charge is -2.14. The third-order valence-corrected chi connectivity index (χ3v) is 3.18. The van der Waals surface area contributed by atoms with Crippen LogP contribution in [0.2, 0.25) is 0 Å². The molecule has 1 unspecified atom stereocenters. The van der Waals surface area contributed by atoms with Crippen molar-refractivity contribution in [2.24, 2.45) is 0 Å². The highest BCUT2D eigenvalue weighted by Crippen LogP contribution is 2.17. The van der Waals surface area contributed by atoms with Crippen LogP contribution in [0, 0.1) is 0 Å². The van der Waals surface area contributed by atoms with Crippen molar-refractivity contribution < 1.29 is 4.74 Å². The van der Waals surface area contributed by atoms with Crippen molar-refractivity contribution in [1.29, 1.82) is 0 Å². The summed E-state index contributed by atoms with van der Waals surface area (Å²) in [6.07, 6.45) is 2.78. The smallest absolute Gasteiger partial charge is 0.233 e. The van der Waals surface area contributed by atoms with Crippen LogP contribution in [0.25, 0.3) is 0 Å². The minimum atomic E-state index is 0.0870. The van der Waals surface area contributed by atoms with Crippen LogP contribution in [0.4, 0.5) is 0 Å². The number of likely N-dealkylation sites (N-methyl/N-ethyl adjacent to an activating group) is 1. The van der Waals surface area contributed by atoms with Crippen molar-refractivity contribution in [2.75, 3.05) is 14.2 Å². The van der Waals surface area contributed by atoms with Gasteiger partial charge in [-0.3, -0.25) is 4.68 Å². The first-order valence-corrected chi connectivity index (χ1v) is 6.73. The van der Waals surface area contributed by atoms with E-state index >= 15 is 0 Å². The molecule has 2 rings (SSSR count). The van der Waals surface area contributed by atoms with E-state index in [4.69, 9.17) is 4.74 Å². The molecule has 20 heavy (non-hydrogen) atoms. The summed E-state index contributed by atoms with van der Waals surface area (Å²) >= 11 is 0. The van der Waals surface area contributed by atoms with E-state index in [1.807, 2.05) is 36.1 Å². The van der Waals surface area contributed by atoms with Crippen LogP contribution in [0.5, 0.6) is 5.88 Å². The summed E-state index contributed by atoms with van der Waals surface area (Å²) in [6.45, 7) is 4.22. The topological polar surface area (TPSA) is 64.9 Å². The third-order valence-electron chi connectivity index (χ3n) is 3.18. The lowest BCUT2D eigenvalue weighted by Crippen LogP contribution is -2.21. The quantitative estimate of drug-likeness (QED) is 0.870. The molecule has 0 aliphatic rings. The van der Waals surface area contributed by atoms with Crippen LogP contribution >= 0.6 is 0 Å². The summed E-state index contributed by atoms with van der Waals surface area (Å²) in [4.78, 5) is 0. The van der Waals surface area contributed by atoms with Gasteiger partial charge in [0.05, 0.1) is 24.5 Å². The average Bonchev–Trinajstić information content (AvgIpc) is 2.94. The number of hydrogen-bond acceptors (Lipinski definition) is 5. The molecule has 0 saturated heterocycles. The van der Waals surface area contributed by atoms with E-state index in [2.05, 4.69) is 34.5 Å². The minimum absolute atomic E-state index is 0.0870. The Kier molecular flexibility index (Phi) is 4.68. The molecule has 1 N–H and O–H groups in total. The van der Waals surface area contributed by atoms with Gasteiger partial charge in [-0.05, 0) is 33.0 Å². The normalized spacial score (nSPS) is 12.7. The largest absolute Gasteiger partial charge is 0.480 e. The zero-order valence-electron chi connectivity index (χ0n) is 12.4. The second-order valence-corrected chi connectivity index (χ2v) is 4.93. The first-order chi connectivity index (χ1) is 9.63. The second-order valence-electron chi connectivity index (χ2n) is 4.93. The standard InChI is InChI=1S/C14H21N5O/c1-10(2)19-8-7-11(18-19)9-13(15-3)12-5-6-14(20-4)17-16-12/h5-8,10,13,15H,9H2,1-4H3. The minimum Gasteiger partial charge on any atom is -0.480 e. The average molecular weight is 275 g/mol. The van der Waals surface area contributed by atoms with E-state index in [9.17, 15) is 0 Å². The highest BCUT2D eigenvalue weighted by atomic mass is 16.5. The second kappa shape index (κ2) is 6.47. The van der Waals surface area contributed by atoms with Gasteiger partial charge in [-0.15, -0.1) is 5.10 Å². The third kappa shape index (κ3) is 3.33. The van der Waals surface area contributed by atoms with Gasteiger partial charge in [-0.2, -0.15) is 10.2 Å². The van der Waals surface area contributed by atoms with Crippen molar-refractivity contribution >= 4 is 0 Å². The Morgan fingerprint density at radius 2 is 2.05 bits per heavy atom. The number of hydrogen-bond donors (Lipinski definition) is 1. The maximum Gasteiger partial charge on any atom is 0.233 e. The van der Waals surface area contributed by atoms with Crippen molar-refractivity contribution in [2.45, 2.75) is 32.4 Å². The Labute approximate surface area is 119 Å². The molecule has 0 saturated carbocycles. The monoisotopic (exact) mass is 275 g/mol. The number of nitrogens with zero attached hydrogens (tertiary/aromatic N) is 4. The van der Waals surface area contributed by atoms with Crippen molar-refractivity contribution in [3.8, 4) is 5.88 Å². The number of aromatic nitrogens is 4. The molecular weight excluding hydrogens is 254 g/mol. The molecule has 6 heteroatoms. The zero-order valence-corrected chi connectivity index (χ0v) is 12.4. The predicted molar refractivity (Wildman–Crippen MR) is 76.7 cm³/mol. The molecule has 108 valence electrons. The van der Waals surface area contributed by atoms with Gasteiger partial charge in [0.1, 0.15) is 0 Å². The molecule has 0 bridgehead atoms. The van der Waals surface area contributed by atoms with Crippen LogP contribution < -0.4 is 10.1 Å². The Morgan fingerprint density at radius 3 is 2.55 bits per heavy atom. The van der Waals surface area contributed by atoms with E-state index in [-0.39, 0.29) is 6.04 Å². The van der Waals surface area contributed by atoms with E-state index < -0.39 is 0 Å². The maximum atomic E-state index is 5.02. The van der Waals surface area contributed by atoms with Crippen LogP contribution in [-0.4, -0.2) is 34.1 Å². The SMILES string of the molecule is CNC(Cc1ccn(C(C)C)n1)c1ccc(OC)nn1. The van der Waals surface area contributed by atoms with Crippen LogP contribution in [-0.2, 0) is 6.42 Å². The molecule has 0 radical (unpaired) electrons. The molecule has 0 aliphatic heterocycles. The van der Waals surface area contributed by atoms with Gasteiger partial charge in [0.15, 0.2) is 0 Å². The molecule has 0 aliphatic carbocycles. The molecule has 6 nitrogen and oxygen atoms in total. The zero-order chi connectivity index (χ0) is 14.5. The Bertz CT molecular complexity index is 535. The summed E-state index contributed by atoms with van der Waals surface area (Å²) < 4.78 is 6.98. The summed E-state index contributed by atoms with van der Waals surface area (Å²) in [7, 11) is 3.49. The maximum absolute atomic E-state index is 5.02. The van der Waals surface area contributed by atoms with E-state index in [0.717, 1.165) is 17.8 Å². The molecule has 2 heterocycles. The molecule has 0 amide bonds. The summed E-state index contributed by atoms with van der Waals surface area (Å²) in [5, 5.41) is 16.0. The molecule has 1 atom stereocenters. The molecule has 0 spiro atoms. The van der Waals surface area contributed by atoms with Gasteiger partial charge in [-0.1, -0.05) is 0 Å². The van der Waals surface area contributed by atoms with Crippen LogP contribution in [0.3, 0.4) is 0 Å². The first-order valence-electron chi connectivity index (χ1n) is 6.73. The summed E-state index contributed by atoms with van der Waals surface area (Å²) in [6, 6.07) is 6.24. The number of methoxy groups -OCH3 is 1. The highest BCUT2D eigenvalue weighted by Gasteiger charge is 2.14. The van der Waals surface area contributed by atoms with Crippen molar-refractivity contribution in [3.63, 3.8) is 0 Å². The lowest BCUT2D eigenvalue weighted by molar-refractivity contribution is 0.389. The Hall–Kier alpha value is -1.95. The molecular formula is C14H21N5O. The number of rotatable bonds is 6. The van der Waals surface area contributed by atoms with E-state index in [0.29, 0.717) is 11.9 Å². The summed E-state index contributed by atoms with van der Waals surface area (Å²) in [5.41, 5.74) is 1.92. The predicted octanol–water partition coefficient (Wildman–Crippen LogP) is 1.77. The number of nitrogens with one attached hydrogen (secondary N) is 1. The van der Waals surface area contributed by atoms with Gasteiger partial charge in [0, 0.05) is 24.7 Å². The van der Waals surface area contributed by atoms with Crippen LogP contribution in [0.15, 0.2) is 24.4 Å².